The van der Waals surface area contributed by atoms with Crippen molar-refractivity contribution >= 4 is 28.6 Å². The van der Waals surface area contributed by atoms with Crippen molar-refractivity contribution in [3.8, 4) is 10.6 Å². The molecule has 3 aromatic rings. The SMILES string of the molecule is O=C(Cc1csc(-c2ccccc2)n1)Nc1cccc([N+](=O)[O-])c1. The van der Waals surface area contributed by atoms with Gasteiger partial charge < -0.3 is 5.32 Å². The molecule has 3 rings (SSSR count). The summed E-state index contributed by atoms with van der Waals surface area (Å²) in [4.78, 5) is 26.8. The lowest BCUT2D eigenvalue weighted by atomic mass is 10.2. The predicted octanol–water partition coefficient (Wildman–Crippen LogP) is 3.90. The molecule has 0 saturated carbocycles. The molecule has 0 radical (unpaired) electrons. The van der Waals surface area contributed by atoms with Crippen LogP contribution in [-0.4, -0.2) is 15.8 Å². The Hall–Kier alpha value is -3.06. The summed E-state index contributed by atoms with van der Waals surface area (Å²) < 4.78 is 0. The molecule has 1 N–H and O–H groups in total. The first-order valence-corrected chi connectivity index (χ1v) is 8.04. The number of anilines is 1. The molecule has 0 saturated heterocycles. The Morgan fingerprint density at radius 2 is 1.96 bits per heavy atom. The van der Waals surface area contributed by atoms with Crippen molar-refractivity contribution in [2.75, 3.05) is 5.32 Å². The van der Waals surface area contributed by atoms with Crippen molar-refractivity contribution in [2.45, 2.75) is 6.42 Å². The van der Waals surface area contributed by atoms with Crippen LogP contribution in [-0.2, 0) is 11.2 Å². The number of carbonyl (C=O) groups excluding carboxylic acids is 1. The molecular formula is C17H13N3O3S. The quantitative estimate of drug-likeness (QED) is 0.564. The molecule has 1 aromatic heterocycles. The summed E-state index contributed by atoms with van der Waals surface area (Å²) in [5.41, 5.74) is 2.01. The van der Waals surface area contributed by atoms with Crippen molar-refractivity contribution in [1.29, 1.82) is 0 Å². The van der Waals surface area contributed by atoms with E-state index in [0.29, 0.717) is 11.4 Å². The number of nitrogens with zero attached hydrogens (tertiary/aromatic N) is 2. The third-order valence-electron chi connectivity index (χ3n) is 3.25. The summed E-state index contributed by atoms with van der Waals surface area (Å²) in [6, 6.07) is 15.6. The fraction of sp³-hybridized carbons (Fsp3) is 0.0588. The number of nitro groups is 1. The topological polar surface area (TPSA) is 85.1 Å². The molecule has 2 aromatic carbocycles. The minimum Gasteiger partial charge on any atom is -0.325 e. The van der Waals surface area contributed by atoms with E-state index >= 15 is 0 Å². The van der Waals surface area contributed by atoms with E-state index in [1.807, 2.05) is 35.7 Å². The van der Waals surface area contributed by atoms with Gasteiger partial charge in [-0.25, -0.2) is 4.98 Å². The number of amides is 1. The van der Waals surface area contributed by atoms with Gasteiger partial charge in [0.25, 0.3) is 5.69 Å². The van der Waals surface area contributed by atoms with Crippen molar-refractivity contribution in [3.05, 3.63) is 75.8 Å². The van der Waals surface area contributed by atoms with Crippen LogP contribution in [0.2, 0.25) is 0 Å². The third-order valence-corrected chi connectivity index (χ3v) is 4.20. The van der Waals surface area contributed by atoms with Gasteiger partial charge in [0.05, 0.1) is 17.0 Å². The number of nitro benzene ring substituents is 1. The maximum absolute atomic E-state index is 12.1. The maximum atomic E-state index is 12.1. The van der Waals surface area contributed by atoms with Gasteiger partial charge in [-0.15, -0.1) is 11.3 Å². The number of nitrogens with one attached hydrogen (secondary N) is 1. The standard InChI is InChI=1S/C17H13N3O3S/c21-16(18-13-7-4-8-15(9-13)20(22)23)10-14-11-24-17(19-14)12-5-2-1-3-6-12/h1-9,11H,10H2,(H,18,21). The van der Waals surface area contributed by atoms with Crippen molar-refractivity contribution in [2.24, 2.45) is 0 Å². The van der Waals surface area contributed by atoms with Crippen LogP contribution in [0.1, 0.15) is 5.69 Å². The molecule has 0 atom stereocenters. The van der Waals surface area contributed by atoms with E-state index in [1.165, 1.54) is 29.5 Å². The van der Waals surface area contributed by atoms with Crippen LogP contribution in [0, 0.1) is 10.1 Å². The molecule has 120 valence electrons. The number of carbonyl (C=O) groups is 1. The lowest BCUT2D eigenvalue weighted by Crippen LogP contribution is -2.14. The molecular weight excluding hydrogens is 326 g/mol. The highest BCUT2D eigenvalue weighted by atomic mass is 32.1. The third kappa shape index (κ3) is 3.82. The Morgan fingerprint density at radius 1 is 1.17 bits per heavy atom. The smallest absolute Gasteiger partial charge is 0.271 e. The predicted molar refractivity (Wildman–Crippen MR) is 93.0 cm³/mol. The minimum atomic E-state index is -0.498. The van der Waals surface area contributed by atoms with Crippen molar-refractivity contribution in [3.63, 3.8) is 0 Å². The van der Waals surface area contributed by atoms with Crippen molar-refractivity contribution in [1.82, 2.24) is 4.98 Å². The summed E-state index contributed by atoms with van der Waals surface area (Å²) >= 11 is 1.48. The van der Waals surface area contributed by atoms with Crippen LogP contribution in [0.5, 0.6) is 0 Å². The number of aromatic nitrogens is 1. The zero-order valence-corrected chi connectivity index (χ0v) is 13.3. The lowest BCUT2D eigenvalue weighted by Gasteiger charge is -2.03. The van der Waals surface area contributed by atoms with Crippen molar-refractivity contribution < 1.29 is 9.72 Å². The number of non-ortho nitro benzene ring substituents is 1. The molecule has 0 unspecified atom stereocenters. The highest BCUT2D eigenvalue weighted by Gasteiger charge is 2.11. The number of hydrogen-bond acceptors (Lipinski definition) is 5. The van der Waals surface area contributed by atoms with Gasteiger partial charge in [0.1, 0.15) is 5.01 Å². The van der Waals surface area contributed by atoms with Gasteiger partial charge in [0.2, 0.25) is 5.91 Å². The van der Waals surface area contributed by atoms with Crippen LogP contribution in [0.15, 0.2) is 60.0 Å². The Labute approximate surface area is 141 Å². The maximum Gasteiger partial charge on any atom is 0.271 e. The first-order chi connectivity index (χ1) is 11.6. The number of thiazole rings is 1. The lowest BCUT2D eigenvalue weighted by molar-refractivity contribution is -0.384. The zero-order valence-electron chi connectivity index (χ0n) is 12.5. The Bertz CT molecular complexity index is 878. The van der Waals surface area contributed by atoms with Gasteiger partial charge >= 0.3 is 0 Å². The summed E-state index contributed by atoms with van der Waals surface area (Å²) in [5, 5.41) is 16.1. The van der Waals surface area contributed by atoms with Gasteiger partial charge in [-0.3, -0.25) is 14.9 Å². The van der Waals surface area contributed by atoms with E-state index in [2.05, 4.69) is 10.3 Å². The first kappa shape index (κ1) is 15.8. The Morgan fingerprint density at radius 3 is 2.71 bits per heavy atom. The highest BCUT2D eigenvalue weighted by molar-refractivity contribution is 7.13. The molecule has 0 fully saturated rings. The molecule has 0 aliphatic rings. The number of rotatable bonds is 5. The zero-order chi connectivity index (χ0) is 16.9. The van der Waals surface area contributed by atoms with Crippen LogP contribution in [0.4, 0.5) is 11.4 Å². The molecule has 1 amide bonds. The fourth-order valence-corrected chi connectivity index (χ4v) is 2.99. The largest absolute Gasteiger partial charge is 0.325 e. The average molecular weight is 339 g/mol. The monoisotopic (exact) mass is 339 g/mol. The van der Waals surface area contributed by atoms with Gasteiger partial charge in [-0.1, -0.05) is 36.4 Å². The normalized spacial score (nSPS) is 10.3. The molecule has 24 heavy (non-hydrogen) atoms. The Kier molecular flexibility index (Phi) is 4.62. The Balaban J connectivity index is 1.66. The second-order valence-electron chi connectivity index (χ2n) is 5.04. The highest BCUT2D eigenvalue weighted by Crippen LogP contribution is 2.23. The van der Waals surface area contributed by atoms with Gasteiger partial charge in [-0.05, 0) is 6.07 Å². The van der Waals surface area contributed by atoms with E-state index in [1.54, 1.807) is 6.07 Å². The molecule has 0 aliphatic heterocycles. The summed E-state index contributed by atoms with van der Waals surface area (Å²) in [6.45, 7) is 0. The average Bonchev–Trinajstić information content (AvgIpc) is 3.04. The van der Waals surface area contributed by atoms with Crippen LogP contribution < -0.4 is 5.32 Å². The van der Waals surface area contributed by atoms with E-state index in [0.717, 1.165) is 10.6 Å². The minimum absolute atomic E-state index is 0.0622. The molecule has 0 bridgehead atoms. The van der Waals surface area contributed by atoms with Gasteiger partial charge in [0, 0.05) is 28.8 Å². The fourth-order valence-electron chi connectivity index (χ4n) is 2.17. The molecule has 7 heteroatoms. The molecule has 6 nitrogen and oxygen atoms in total. The molecule has 0 spiro atoms. The van der Waals surface area contributed by atoms with Crippen LogP contribution >= 0.6 is 11.3 Å². The van der Waals surface area contributed by atoms with E-state index in [9.17, 15) is 14.9 Å². The van der Waals surface area contributed by atoms with Crippen LogP contribution in [0.25, 0.3) is 10.6 Å². The molecule has 0 aliphatic carbocycles. The second kappa shape index (κ2) is 7.01. The number of benzene rings is 2. The van der Waals surface area contributed by atoms with E-state index < -0.39 is 4.92 Å². The van der Waals surface area contributed by atoms with E-state index in [-0.39, 0.29) is 18.0 Å². The summed E-state index contributed by atoms with van der Waals surface area (Å²) in [6.07, 6.45) is 0.117. The molecule has 1 heterocycles. The second-order valence-corrected chi connectivity index (χ2v) is 5.90. The summed E-state index contributed by atoms with van der Waals surface area (Å²) in [5.74, 6) is -0.264. The van der Waals surface area contributed by atoms with E-state index in [4.69, 9.17) is 0 Å². The number of hydrogen-bond donors (Lipinski definition) is 1. The summed E-state index contributed by atoms with van der Waals surface area (Å²) in [7, 11) is 0. The van der Waals surface area contributed by atoms with Gasteiger partial charge in [0.15, 0.2) is 0 Å². The van der Waals surface area contributed by atoms with Crippen LogP contribution in [0.3, 0.4) is 0 Å². The van der Waals surface area contributed by atoms with Gasteiger partial charge in [-0.2, -0.15) is 0 Å². The first-order valence-electron chi connectivity index (χ1n) is 7.16.